The summed E-state index contributed by atoms with van der Waals surface area (Å²) in [5.41, 5.74) is 1.98. The van der Waals surface area contributed by atoms with Crippen molar-refractivity contribution in [1.29, 1.82) is 0 Å². The van der Waals surface area contributed by atoms with E-state index in [2.05, 4.69) is 15.5 Å². The van der Waals surface area contributed by atoms with Gasteiger partial charge in [0.1, 0.15) is 0 Å². The number of benzene rings is 1. The first-order valence-corrected chi connectivity index (χ1v) is 6.56. The Morgan fingerprint density at radius 1 is 1.35 bits per heavy atom. The summed E-state index contributed by atoms with van der Waals surface area (Å²) < 4.78 is 1.63. The number of carbonyl (C=O) groups is 1. The number of hydrogen-bond donors (Lipinski definition) is 1. The van der Waals surface area contributed by atoms with Crippen LogP contribution in [0.25, 0.3) is 11.4 Å². The molecule has 0 saturated heterocycles. The number of carboxylic acid groups (broad SMARTS) is 1. The molecule has 0 amide bonds. The first kappa shape index (κ1) is 14.2. The Balaban J connectivity index is 2.46. The Morgan fingerprint density at radius 3 is 2.65 bits per heavy atom. The van der Waals surface area contributed by atoms with Crippen molar-refractivity contribution in [2.75, 3.05) is 0 Å². The molecule has 6 heteroatoms. The molecule has 0 aliphatic rings. The first-order chi connectivity index (χ1) is 9.50. The third kappa shape index (κ3) is 2.84. The second-order valence-corrected chi connectivity index (χ2v) is 5.17. The molecule has 6 nitrogen and oxygen atoms in total. The fraction of sp³-hybridized carbons (Fsp3) is 0.429. The summed E-state index contributed by atoms with van der Waals surface area (Å²) in [6, 6.07) is 7.52. The van der Waals surface area contributed by atoms with E-state index in [0.29, 0.717) is 5.82 Å². The van der Waals surface area contributed by atoms with Crippen molar-refractivity contribution in [1.82, 2.24) is 20.2 Å². The number of aliphatic carboxylic acids is 1. The average Bonchev–Trinajstić information content (AvgIpc) is 2.84. The van der Waals surface area contributed by atoms with Crippen LogP contribution in [0.15, 0.2) is 24.3 Å². The summed E-state index contributed by atoms with van der Waals surface area (Å²) >= 11 is 0. The van der Waals surface area contributed by atoms with Gasteiger partial charge in [-0.05, 0) is 28.8 Å². The van der Waals surface area contributed by atoms with Gasteiger partial charge in [-0.3, -0.25) is 4.79 Å². The molecule has 0 aliphatic heterocycles. The lowest BCUT2D eigenvalue weighted by atomic mass is 10.0. The summed E-state index contributed by atoms with van der Waals surface area (Å²) in [6.45, 7) is 5.92. The topological polar surface area (TPSA) is 80.9 Å². The molecule has 20 heavy (non-hydrogen) atoms. The Labute approximate surface area is 117 Å². The molecule has 1 N–H and O–H groups in total. The van der Waals surface area contributed by atoms with E-state index >= 15 is 0 Å². The molecule has 1 aromatic carbocycles. The lowest BCUT2D eigenvalue weighted by molar-refractivity contribution is -0.138. The van der Waals surface area contributed by atoms with Crippen molar-refractivity contribution in [3.05, 3.63) is 29.8 Å². The van der Waals surface area contributed by atoms with Gasteiger partial charge in [-0.1, -0.05) is 38.1 Å². The zero-order valence-electron chi connectivity index (χ0n) is 11.8. The van der Waals surface area contributed by atoms with Crippen molar-refractivity contribution < 1.29 is 9.90 Å². The number of tetrazole rings is 1. The molecule has 0 aliphatic carbocycles. The quantitative estimate of drug-likeness (QED) is 0.905. The van der Waals surface area contributed by atoms with Crippen molar-refractivity contribution in [3.63, 3.8) is 0 Å². The maximum absolute atomic E-state index is 11.0. The number of rotatable bonds is 5. The van der Waals surface area contributed by atoms with Gasteiger partial charge in [0, 0.05) is 5.56 Å². The molecule has 2 rings (SSSR count). The van der Waals surface area contributed by atoms with Gasteiger partial charge in [0.15, 0.2) is 5.82 Å². The van der Waals surface area contributed by atoms with Gasteiger partial charge in [-0.2, -0.15) is 0 Å². The Bertz CT molecular complexity index is 607. The SMILES string of the molecule is Cc1ccccc1-c1nnnn1C(CC(=O)O)C(C)C. The smallest absolute Gasteiger partial charge is 0.305 e. The second-order valence-electron chi connectivity index (χ2n) is 5.17. The van der Waals surface area contributed by atoms with E-state index in [9.17, 15) is 4.79 Å². The molecule has 0 saturated carbocycles. The summed E-state index contributed by atoms with van der Waals surface area (Å²) in [5.74, 6) is -0.115. The number of aromatic nitrogens is 4. The molecular formula is C14H18N4O2. The number of hydrogen-bond acceptors (Lipinski definition) is 4. The van der Waals surface area contributed by atoms with Crippen LogP contribution in [-0.2, 0) is 4.79 Å². The Hall–Kier alpha value is -2.24. The predicted octanol–water partition coefficient (Wildman–Crippen LogP) is 2.32. The minimum atomic E-state index is -0.852. The highest BCUT2D eigenvalue weighted by molar-refractivity contribution is 5.67. The largest absolute Gasteiger partial charge is 0.481 e. The molecule has 1 unspecified atom stereocenters. The average molecular weight is 274 g/mol. The van der Waals surface area contributed by atoms with E-state index in [1.54, 1.807) is 4.68 Å². The van der Waals surface area contributed by atoms with Crippen LogP contribution in [0.4, 0.5) is 0 Å². The zero-order valence-corrected chi connectivity index (χ0v) is 11.8. The minimum absolute atomic E-state index is 0.00158. The monoisotopic (exact) mass is 274 g/mol. The van der Waals surface area contributed by atoms with Gasteiger partial charge < -0.3 is 5.11 Å². The van der Waals surface area contributed by atoms with Crippen molar-refractivity contribution in [2.24, 2.45) is 5.92 Å². The van der Waals surface area contributed by atoms with Crippen LogP contribution in [0.1, 0.15) is 31.9 Å². The first-order valence-electron chi connectivity index (χ1n) is 6.56. The van der Waals surface area contributed by atoms with Crippen LogP contribution in [-0.4, -0.2) is 31.3 Å². The van der Waals surface area contributed by atoms with E-state index < -0.39 is 5.97 Å². The van der Waals surface area contributed by atoms with Crippen LogP contribution >= 0.6 is 0 Å². The van der Waals surface area contributed by atoms with Crippen molar-refractivity contribution >= 4 is 5.97 Å². The molecule has 1 aromatic heterocycles. The standard InChI is InChI=1S/C14H18N4O2/c1-9(2)12(8-13(19)20)18-14(15-16-17-18)11-7-5-4-6-10(11)3/h4-7,9,12H,8H2,1-3H3,(H,19,20). The summed E-state index contributed by atoms with van der Waals surface area (Å²) in [5, 5.41) is 20.9. The predicted molar refractivity (Wildman–Crippen MR) is 74.1 cm³/mol. The highest BCUT2D eigenvalue weighted by Crippen LogP contribution is 2.27. The molecule has 1 heterocycles. The number of nitrogens with zero attached hydrogens (tertiary/aromatic N) is 4. The lowest BCUT2D eigenvalue weighted by Gasteiger charge is -2.20. The number of aryl methyl sites for hydroxylation is 1. The fourth-order valence-electron chi connectivity index (χ4n) is 2.20. The summed E-state index contributed by atoms with van der Waals surface area (Å²) in [4.78, 5) is 11.0. The van der Waals surface area contributed by atoms with E-state index in [1.165, 1.54) is 0 Å². The van der Waals surface area contributed by atoms with Gasteiger partial charge in [-0.15, -0.1) is 5.10 Å². The lowest BCUT2D eigenvalue weighted by Crippen LogP contribution is -2.21. The van der Waals surface area contributed by atoms with Gasteiger partial charge in [0.25, 0.3) is 0 Å². The third-order valence-corrected chi connectivity index (χ3v) is 3.35. The van der Waals surface area contributed by atoms with E-state index in [-0.39, 0.29) is 18.4 Å². The van der Waals surface area contributed by atoms with E-state index in [4.69, 9.17) is 5.11 Å². The second kappa shape index (κ2) is 5.81. The molecule has 0 fully saturated rings. The highest BCUT2D eigenvalue weighted by atomic mass is 16.4. The van der Waals surface area contributed by atoms with Crippen LogP contribution in [0.3, 0.4) is 0 Å². The zero-order chi connectivity index (χ0) is 14.7. The third-order valence-electron chi connectivity index (χ3n) is 3.35. The van der Waals surface area contributed by atoms with Crippen molar-refractivity contribution in [2.45, 2.75) is 33.2 Å². The molecule has 2 aromatic rings. The highest BCUT2D eigenvalue weighted by Gasteiger charge is 2.24. The summed E-state index contributed by atoms with van der Waals surface area (Å²) in [7, 11) is 0. The number of carboxylic acids is 1. The van der Waals surface area contributed by atoms with Gasteiger partial charge in [0.2, 0.25) is 0 Å². The van der Waals surface area contributed by atoms with Crippen LogP contribution in [0.5, 0.6) is 0 Å². The van der Waals surface area contributed by atoms with E-state index in [0.717, 1.165) is 11.1 Å². The molecule has 1 atom stereocenters. The van der Waals surface area contributed by atoms with Crippen LogP contribution in [0.2, 0.25) is 0 Å². The molecule has 0 spiro atoms. The summed E-state index contributed by atoms with van der Waals surface area (Å²) in [6.07, 6.45) is 0.00158. The Kier molecular flexibility index (Phi) is 4.12. The molecule has 106 valence electrons. The maximum Gasteiger partial charge on any atom is 0.305 e. The molecule has 0 bridgehead atoms. The van der Waals surface area contributed by atoms with Crippen molar-refractivity contribution in [3.8, 4) is 11.4 Å². The van der Waals surface area contributed by atoms with Gasteiger partial charge >= 0.3 is 5.97 Å². The Morgan fingerprint density at radius 2 is 2.05 bits per heavy atom. The molecular weight excluding hydrogens is 256 g/mol. The minimum Gasteiger partial charge on any atom is -0.481 e. The molecule has 0 radical (unpaired) electrons. The maximum atomic E-state index is 11.0. The van der Waals surface area contributed by atoms with Gasteiger partial charge in [-0.25, -0.2) is 4.68 Å². The van der Waals surface area contributed by atoms with Gasteiger partial charge in [0.05, 0.1) is 12.5 Å². The van der Waals surface area contributed by atoms with Crippen LogP contribution < -0.4 is 0 Å². The van der Waals surface area contributed by atoms with E-state index in [1.807, 2.05) is 45.0 Å². The normalized spacial score (nSPS) is 12.6. The fourth-order valence-corrected chi connectivity index (χ4v) is 2.20. The van der Waals surface area contributed by atoms with Crippen LogP contribution in [0, 0.1) is 12.8 Å².